The van der Waals surface area contributed by atoms with Crippen molar-refractivity contribution in [1.29, 1.82) is 5.26 Å². The van der Waals surface area contributed by atoms with Crippen molar-refractivity contribution < 1.29 is 14.3 Å². The van der Waals surface area contributed by atoms with Crippen molar-refractivity contribution in [3.05, 3.63) is 65.9 Å². The van der Waals surface area contributed by atoms with E-state index in [9.17, 15) is 14.9 Å². The fourth-order valence-electron chi connectivity index (χ4n) is 6.35. The monoisotopic (exact) mass is 483 g/mol. The van der Waals surface area contributed by atoms with E-state index in [-0.39, 0.29) is 11.8 Å². The van der Waals surface area contributed by atoms with Crippen molar-refractivity contribution in [3.63, 3.8) is 0 Å². The maximum atomic E-state index is 14.0. The van der Waals surface area contributed by atoms with E-state index in [1.807, 2.05) is 56.3 Å². The Hall–Kier alpha value is -3.21. The van der Waals surface area contributed by atoms with Crippen molar-refractivity contribution in [1.82, 2.24) is 4.98 Å². The van der Waals surface area contributed by atoms with Gasteiger partial charge >= 0.3 is 0 Å². The topological polar surface area (TPSA) is 83.3 Å². The molecule has 2 amide bonds. The quantitative estimate of drug-likeness (QED) is 0.374. The summed E-state index contributed by atoms with van der Waals surface area (Å²) in [7, 11) is 0. The number of thioether (sulfide) groups is 1. The number of imide groups is 1. The molecule has 3 aliphatic heterocycles. The normalized spacial score (nSPS) is 29.1. The molecule has 3 aliphatic rings. The number of nitrogens with zero attached hydrogens (tertiary/aromatic N) is 3. The number of ether oxygens (including phenoxy) is 1. The Kier molecular flexibility index (Phi) is 5.03. The van der Waals surface area contributed by atoms with Gasteiger partial charge in [0.2, 0.25) is 11.8 Å². The lowest BCUT2D eigenvalue weighted by Gasteiger charge is -2.31. The molecular formula is C28H25N3O3S. The molecule has 3 saturated heterocycles. The summed E-state index contributed by atoms with van der Waals surface area (Å²) < 4.78 is 6.58. The molecule has 2 bridgehead atoms. The molecule has 4 atom stereocenters. The Morgan fingerprint density at radius 3 is 2.60 bits per heavy atom. The first-order valence-corrected chi connectivity index (χ1v) is 12.9. The molecular weight excluding hydrogens is 458 g/mol. The Morgan fingerprint density at radius 2 is 1.83 bits per heavy atom. The van der Waals surface area contributed by atoms with Gasteiger partial charge in [-0.25, -0.2) is 9.88 Å². The summed E-state index contributed by atoms with van der Waals surface area (Å²) in [5.74, 6) is -0.588. The van der Waals surface area contributed by atoms with E-state index in [0.29, 0.717) is 17.7 Å². The highest BCUT2D eigenvalue weighted by atomic mass is 32.2. The molecule has 7 heteroatoms. The molecule has 0 saturated carbocycles. The number of benzene rings is 2. The SMILES string of the molecule is Cc1cccc(SCC[C@]23CC[C@](C)(O2)[C@@H]2C(=O)N(c4ccc(C#N)c5ccccc45)C(=O)[C@@H]23)n1. The first-order valence-electron chi connectivity index (χ1n) is 11.9. The number of carbonyl (C=O) groups is 2. The maximum absolute atomic E-state index is 14.0. The van der Waals surface area contributed by atoms with Crippen LogP contribution in [0.1, 0.15) is 37.4 Å². The predicted octanol–water partition coefficient (Wildman–Crippen LogP) is 5.02. The number of hydrogen-bond donors (Lipinski definition) is 0. The van der Waals surface area contributed by atoms with Gasteiger partial charge in [0.05, 0.1) is 45.4 Å². The number of carbonyl (C=O) groups excluding carboxylic acids is 2. The lowest BCUT2D eigenvalue weighted by Crippen LogP contribution is -2.42. The highest BCUT2D eigenvalue weighted by molar-refractivity contribution is 7.99. The van der Waals surface area contributed by atoms with Gasteiger partial charge in [-0.15, -0.1) is 11.8 Å². The van der Waals surface area contributed by atoms with E-state index in [4.69, 9.17) is 4.74 Å². The van der Waals surface area contributed by atoms with Crippen LogP contribution in [-0.2, 0) is 14.3 Å². The molecule has 3 fully saturated rings. The zero-order valence-corrected chi connectivity index (χ0v) is 20.5. The van der Waals surface area contributed by atoms with Gasteiger partial charge in [-0.05, 0) is 57.4 Å². The average molecular weight is 484 g/mol. The second-order valence-corrected chi connectivity index (χ2v) is 11.1. The summed E-state index contributed by atoms with van der Waals surface area (Å²) in [4.78, 5) is 33.7. The third kappa shape index (κ3) is 3.24. The Morgan fingerprint density at radius 1 is 1.06 bits per heavy atom. The minimum Gasteiger partial charge on any atom is -0.367 e. The van der Waals surface area contributed by atoms with E-state index in [1.54, 1.807) is 23.9 Å². The zero-order chi connectivity index (χ0) is 24.4. The first-order chi connectivity index (χ1) is 16.9. The van der Waals surface area contributed by atoms with E-state index in [1.165, 1.54) is 4.90 Å². The molecule has 0 radical (unpaired) electrons. The second-order valence-electron chi connectivity index (χ2n) is 9.95. The van der Waals surface area contributed by atoms with E-state index < -0.39 is 23.0 Å². The third-order valence-electron chi connectivity index (χ3n) is 7.91. The third-order valence-corrected chi connectivity index (χ3v) is 8.84. The molecule has 0 spiro atoms. The number of rotatable bonds is 5. The van der Waals surface area contributed by atoms with E-state index >= 15 is 0 Å². The van der Waals surface area contributed by atoms with Crippen LogP contribution in [0.3, 0.4) is 0 Å². The second kappa shape index (κ2) is 7.91. The van der Waals surface area contributed by atoms with Gasteiger partial charge in [0.15, 0.2) is 0 Å². The Labute approximate surface area is 208 Å². The van der Waals surface area contributed by atoms with Crippen LogP contribution in [0.15, 0.2) is 59.6 Å². The lowest BCUT2D eigenvalue weighted by molar-refractivity contribution is -0.130. The van der Waals surface area contributed by atoms with Crippen LogP contribution in [-0.4, -0.2) is 33.8 Å². The molecule has 6 nitrogen and oxygen atoms in total. The van der Waals surface area contributed by atoms with Gasteiger partial charge in [-0.3, -0.25) is 9.59 Å². The number of amides is 2. The fraction of sp³-hybridized carbons (Fsp3) is 0.357. The lowest BCUT2D eigenvalue weighted by atomic mass is 9.67. The molecule has 0 N–H and O–H groups in total. The summed E-state index contributed by atoms with van der Waals surface area (Å²) in [5, 5.41) is 12.0. The number of aryl methyl sites for hydroxylation is 1. The van der Waals surface area contributed by atoms with Crippen molar-refractivity contribution >= 4 is 40.0 Å². The maximum Gasteiger partial charge on any atom is 0.240 e. The fourth-order valence-corrected chi connectivity index (χ4v) is 7.39. The van der Waals surface area contributed by atoms with Crippen LogP contribution in [0, 0.1) is 30.1 Å². The van der Waals surface area contributed by atoms with Crippen molar-refractivity contribution in [2.45, 2.75) is 49.3 Å². The van der Waals surface area contributed by atoms with Gasteiger partial charge in [0, 0.05) is 22.2 Å². The zero-order valence-electron chi connectivity index (χ0n) is 19.7. The summed E-state index contributed by atoms with van der Waals surface area (Å²) >= 11 is 1.66. The van der Waals surface area contributed by atoms with Crippen LogP contribution in [0.4, 0.5) is 5.69 Å². The molecule has 176 valence electrons. The number of pyridine rings is 1. The highest BCUT2D eigenvalue weighted by Crippen LogP contribution is 2.62. The molecule has 35 heavy (non-hydrogen) atoms. The smallest absolute Gasteiger partial charge is 0.240 e. The van der Waals surface area contributed by atoms with Crippen LogP contribution in [0.5, 0.6) is 0 Å². The summed E-state index contributed by atoms with van der Waals surface area (Å²) in [6, 6.07) is 19.1. The summed E-state index contributed by atoms with van der Waals surface area (Å²) in [5.41, 5.74) is 0.777. The number of anilines is 1. The standard InChI is InChI=1S/C28H25N3O3S/c1-17-6-5-9-22(30-17)35-15-14-28-13-12-27(2,34-28)23-24(28)26(33)31(25(23)32)21-11-10-18(16-29)19-7-3-4-8-20(19)21/h3-11,23-24H,12-15H2,1-2H3/t23-,24+,27-,28-/m0/s1. The van der Waals surface area contributed by atoms with Gasteiger partial charge in [0.25, 0.3) is 0 Å². The number of hydrogen-bond acceptors (Lipinski definition) is 6. The van der Waals surface area contributed by atoms with Crippen LogP contribution >= 0.6 is 11.8 Å². The minimum atomic E-state index is -0.639. The molecule has 0 aliphatic carbocycles. The van der Waals surface area contributed by atoms with E-state index in [0.717, 1.165) is 40.1 Å². The van der Waals surface area contributed by atoms with Crippen molar-refractivity contribution in [2.75, 3.05) is 10.7 Å². The molecule has 1 aromatic heterocycles. The van der Waals surface area contributed by atoms with Crippen molar-refractivity contribution in [2.24, 2.45) is 11.8 Å². The van der Waals surface area contributed by atoms with Crippen LogP contribution in [0.25, 0.3) is 10.8 Å². The predicted molar refractivity (Wildman–Crippen MR) is 134 cm³/mol. The van der Waals surface area contributed by atoms with Crippen LogP contribution in [0.2, 0.25) is 0 Å². The molecule has 0 unspecified atom stereocenters. The van der Waals surface area contributed by atoms with Gasteiger partial charge < -0.3 is 4.74 Å². The van der Waals surface area contributed by atoms with E-state index in [2.05, 4.69) is 11.1 Å². The summed E-state index contributed by atoms with van der Waals surface area (Å²) in [6.45, 7) is 3.96. The summed E-state index contributed by atoms with van der Waals surface area (Å²) in [6.07, 6.45) is 2.22. The number of aromatic nitrogens is 1. The van der Waals surface area contributed by atoms with Crippen LogP contribution < -0.4 is 4.90 Å². The largest absolute Gasteiger partial charge is 0.367 e. The average Bonchev–Trinajstić information content (AvgIpc) is 3.43. The molecule has 4 heterocycles. The van der Waals surface area contributed by atoms with Gasteiger partial charge in [0.1, 0.15) is 0 Å². The molecule has 2 aromatic carbocycles. The highest BCUT2D eigenvalue weighted by Gasteiger charge is 2.73. The van der Waals surface area contributed by atoms with Crippen molar-refractivity contribution in [3.8, 4) is 6.07 Å². The number of fused-ring (bicyclic) bond motifs is 6. The Bertz CT molecular complexity index is 1430. The van der Waals surface area contributed by atoms with Gasteiger partial charge in [-0.2, -0.15) is 5.26 Å². The Balaban J connectivity index is 1.34. The van der Waals surface area contributed by atoms with Gasteiger partial charge in [-0.1, -0.05) is 30.3 Å². The number of nitriles is 1. The molecule has 6 rings (SSSR count). The molecule has 3 aromatic rings. The minimum absolute atomic E-state index is 0.183. The first kappa shape index (κ1) is 22.3.